The number of carbonyl (C=O) groups excluding carboxylic acids is 1. The van der Waals surface area contributed by atoms with E-state index in [0.29, 0.717) is 22.4 Å². The van der Waals surface area contributed by atoms with Crippen LogP contribution in [0, 0.1) is 5.41 Å². The summed E-state index contributed by atoms with van der Waals surface area (Å²) in [6.07, 6.45) is 5.94. The number of nitrogens with one attached hydrogen (secondary N) is 2. The number of piperidine rings is 1. The van der Waals surface area contributed by atoms with E-state index in [2.05, 4.69) is 14.9 Å². The number of anilines is 3. The van der Waals surface area contributed by atoms with Crippen LogP contribution in [0.5, 0.6) is 0 Å². The number of carbonyl (C=O) groups is 1. The number of aliphatic hydroxyl groups is 1. The second-order valence-corrected chi connectivity index (χ2v) is 10.4. The van der Waals surface area contributed by atoms with Gasteiger partial charge in [-0.05, 0) is 61.4 Å². The molecule has 1 aromatic carbocycles. The van der Waals surface area contributed by atoms with Gasteiger partial charge in [0.15, 0.2) is 0 Å². The van der Waals surface area contributed by atoms with Gasteiger partial charge in [-0.15, -0.1) is 0 Å². The second kappa shape index (κ2) is 9.06. The SMILES string of the molecule is COn1cccc(NC(=O)c2ccc(NS(=O)(=O)CCO)cc2N2CCC3(CC2)CC3)c1=O. The lowest BCUT2D eigenvalue weighted by atomic mass is 9.93. The molecule has 2 fully saturated rings. The molecule has 1 amide bonds. The molecule has 2 aliphatic rings. The topological polar surface area (TPSA) is 130 Å². The van der Waals surface area contributed by atoms with Gasteiger partial charge in [0, 0.05) is 19.3 Å². The minimum absolute atomic E-state index is 0.0682. The molecule has 11 heteroatoms. The first kappa shape index (κ1) is 23.1. The quantitative estimate of drug-likeness (QED) is 0.523. The fraction of sp³-hybridized carbons (Fsp3) is 0.455. The fourth-order valence-electron chi connectivity index (χ4n) is 4.20. The molecule has 10 nitrogen and oxygen atoms in total. The van der Waals surface area contributed by atoms with Gasteiger partial charge >= 0.3 is 5.56 Å². The van der Waals surface area contributed by atoms with Crippen molar-refractivity contribution in [2.45, 2.75) is 25.7 Å². The van der Waals surface area contributed by atoms with Crippen molar-refractivity contribution in [3.8, 4) is 0 Å². The number of rotatable bonds is 8. The zero-order valence-corrected chi connectivity index (χ0v) is 19.2. The molecule has 0 unspecified atom stereocenters. The van der Waals surface area contributed by atoms with E-state index >= 15 is 0 Å². The fourth-order valence-corrected chi connectivity index (χ4v) is 5.03. The smallest absolute Gasteiger partial charge is 0.306 e. The van der Waals surface area contributed by atoms with Gasteiger partial charge in [-0.3, -0.25) is 14.3 Å². The minimum Gasteiger partial charge on any atom is -0.414 e. The number of aromatic nitrogens is 1. The summed E-state index contributed by atoms with van der Waals surface area (Å²) in [6.45, 7) is 1.02. The molecular weight excluding hydrogens is 448 g/mol. The number of sulfonamides is 1. The average Bonchev–Trinajstić information content (AvgIpc) is 3.54. The number of hydrogen-bond acceptors (Lipinski definition) is 7. The third-order valence-corrected chi connectivity index (χ3v) is 7.62. The summed E-state index contributed by atoms with van der Waals surface area (Å²) in [5.41, 5.74) is 1.22. The normalized spacial score (nSPS) is 17.0. The Kier molecular flexibility index (Phi) is 6.35. The van der Waals surface area contributed by atoms with Crippen LogP contribution in [0.3, 0.4) is 0 Å². The number of hydrogen-bond donors (Lipinski definition) is 3. The van der Waals surface area contributed by atoms with Crippen LogP contribution in [0.15, 0.2) is 41.3 Å². The molecule has 0 bridgehead atoms. The van der Waals surface area contributed by atoms with E-state index in [4.69, 9.17) is 9.94 Å². The molecule has 33 heavy (non-hydrogen) atoms. The highest BCUT2D eigenvalue weighted by Gasteiger charge is 2.44. The van der Waals surface area contributed by atoms with Crippen molar-refractivity contribution < 1.29 is 23.2 Å². The molecule has 2 heterocycles. The summed E-state index contributed by atoms with van der Waals surface area (Å²) >= 11 is 0. The number of benzene rings is 1. The lowest BCUT2D eigenvalue weighted by molar-refractivity contribution is 0.102. The van der Waals surface area contributed by atoms with Crippen molar-refractivity contribution in [2.75, 3.05) is 47.5 Å². The second-order valence-electron chi connectivity index (χ2n) is 8.55. The van der Waals surface area contributed by atoms with Crippen molar-refractivity contribution in [1.82, 2.24) is 4.73 Å². The van der Waals surface area contributed by atoms with Crippen molar-refractivity contribution >= 4 is 33.0 Å². The molecule has 2 aromatic rings. The lowest BCUT2D eigenvalue weighted by Crippen LogP contribution is -2.36. The summed E-state index contributed by atoms with van der Waals surface area (Å²) in [4.78, 5) is 32.6. The first-order valence-electron chi connectivity index (χ1n) is 10.8. The third-order valence-electron chi connectivity index (χ3n) is 6.36. The van der Waals surface area contributed by atoms with Gasteiger partial charge in [-0.1, -0.05) is 0 Å². The summed E-state index contributed by atoms with van der Waals surface area (Å²) in [7, 11) is -2.36. The van der Waals surface area contributed by atoms with E-state index in [-0.39, 0.29) is 5.69 Å². The maximum Gasteiger partial charge on any atom is 0.306 e. The molecule has 1 aliphatic carbocycles. The Morgan fingerprint density at radius 3 is 2.55 bits per heavy atom. The number of aliphatic hydroxyl groups excluding tert-OH is 1. The van der Waals surface area contributed by atoms with E-state index in [1.807, 2.05) is 0 Å². The average molecular weight is 477 g/mol. The highest BCUT2D eigenvalue weighted by molar-refractivity contribution is 7.92. The minimum atomic E-state index is -3.71. The molecule has 0 radical (unpaired) electrons. The van der Waals surface area contributed by atoms with E-state index in [0.717, 1.165) is 30.7 Å². The van der Waals surface area contributed by atoms with Crippen LogP contribution in [0.2, 0.25) is 0 Å². The van der Waals surface area contributed by atoms with E-state index in [1.54, 1.807) is 18.2 Å². The summed E-state index contributed by atoms with van der Waals surface area (Å²) in [5.74, 6) is -0.899. The molecule has 4 rings (SSSR count). The summed E-state index contributed by atoms with van der Waals surface area (Å²) in [5, 5.41) is 11.6. The number of amides is 1. The van der Waals surface area contributed by atoms with Gasteiger partial charge < -0.3 is 20.2 Å². The Morgan fingerprint density at radius 1 is 1.18 bits per heavy atom. The Morgan fingerprint density at radius 2 is 1.91 bits per heavy atom. The monoisotopic (exact) mass is 476 g/mol. The molecule has 178 valence electrons. The third kappa shape index (κ3) is 5.14. The predicted molar refractivity (Wildman–Crippen MR) is 125 cm³/mol. The van der Waals surface area contributed by atoms with Crippen molar-refractivity contribution in [3.05, 3.63) is 52.4 Å². The largest absolute Gasteiger partial charge is 0.414 e. The molecule has 1 aromatic heterocycles. The zero-order valence-electron chi connectivity index (χ0n) is 18.4. The van der Waals surface area contributed by atoms with Crippen LogP contribution in [0.25, 0.3) is 0 Å². The lowest BCUT2D eigenvalue weighted by Gasteiger charge is -2.35. The summed E-state index contributed by atoms with van der Waals surface area (Å²) < 4.78 is 27.7. The Hall–Kier alpha value is -3.05. The van der Waals surface area contributed by atoms with Crippen molar-refractivity contribution in [2.24, 2.45) is 5.41 Å². The van der Waals surface area contributed by atoms with Crippen molar-refractivity contribution in [3.63, 3.8) is 0 Å². The first-order valence-corrected chi connectivity index (χ1v) is 12.5. The molecule has 1 saturated carbocycles. The maximum absolute atomic E-state index is 13.2. The number of nitrogens with zero attached hydrogens (tertiary/aromatic N) is 2. The zero-order chi connectivity index (χ0) is 23.6. The molecule has 3 N–H and O–H groups in total. The van der Waals surface area contributed by atoms with Gasteiger partial charge in [0.05, 0.1) is 29.3 Å². The van der Waals surface area contributed by atoms with Crippen LogP contribution in [-0.4, -0.2) is 56.7 Å². The standard InChI is InChI=1S/C22H28N4O6S/c1-32-26-10-2-3-18(21(26)29)23-20(28)17-5-4-16(24-33(30,31)14-13-27)15-19(17)25-11-8-22(6-7-22)9-12-25/h2-5,10,15,24,27H,6-9,11-14H2,1H3,(H,23,28). The molecule has 1 aliphatic heterocycles. The molecule has 0 atom stereocenters. The van der Waals surface area contributed by atoms with Gasteiger partial charge in [0.25, 0.3) is 5.91 Å². The van der Waals surface area contributed by atoms with Gasteiger partial charge in [-0.25, -0.2) is 8.42 Å². The number of pyridine rings is 1. The predicted octanol–water partition coefficient (Wildman–Crippen LogP) is 1.27. The van der Waals surface area contributed by atoms with Crippen LogP contribution in [0.1, 0.15) is 36.0 Å². The van der Waals surface area contributed by atoms with Crippen molar-refractivity contribution in [1.29, 1.82) is 0 Å². The van der Waals surface area contributed by atoms with Crippen LogP contribution in [-0.2, 0) is 10.0 Å². The first-order chi connectivity index (χ1) is 15.8. The van der Waals surface area contributed by atoms with E-state index < -0.39 is 33.8 Å². The van der Waals surface area contributed by atoms with Crippen LogP contribution < -0.4 is 25.3 Å². The van der Waals surface area contributed by atoms with Crippen LogP contribution in [0.4, 0.5) is 17.1 Å². The van der Waals surface area contributed by atoms with E-state index in [1.165, 1.54) is 38.3 Å². The molecule has 1 saturated heterocycles. The molecule has 1 spiro atoms. The van der Waals surface area contributed by atoms with E-state index in [9.17, 15) is 18.0 Å². The maximum atomic E-state index is 13.2. The highest BCUT2D eigenvalue weighted by atomic mass is 32.2. The van der Waals surface area contributed by atoms with Gasteiger partial charge in [0.1, 0.15) is 12.8 Å². The van der Waals surface area contributed by atoms with Crippen LogP contribution >= 0.6 is 0 Å². The molecular formula is C22H28N4O6S. The Balaban J connectivity index is 1.64. The Labute approximate surface area is 192 Å². The van der Waals surface area contributed by atoms with Gasteiger partial charge in [-0.2, -0.15) is 4.73 Å². The highest BCUT2D eigenvalue weighted by Crippen LogP contribution is 2.54. The summed E-state index contributed by atoms with van der Waals surface area (Å²) in [6, 6.07) is 7.75. The van der Waals surface area contributed by atoms with Gasteiger partial charge in [0.2, 0.25) is 10.0 Å². The Bertz CT molecular complexity index is 1200.